The van der Waals surface area contributed by atoms with E-state index in [4.69, 9.17) is 0 Å². The van der Waals surface area contributed by atoms with Crippen molar-refractivity contribution in [2.75, 3.05) is 31.1 Å². The molecule has 0 radical (unpaired) electrons. The van der Waals surface area contributed by atoms with Gasteiger partial charge in [-0.15, -0.1) is 0 Å². The Hall–Kier alpha value is -2.60. The summed E-state index contributed by atoms with van der Waals surface area (Å²) < 4.78 is 13.7. The zero-order valence-corrected chi connectivity index (χ0v) is 19.4. The summed E-state index contributed by atoms with van der Waals surface area (Å²) in [6, 6.07) is 16.3. The minimum Gasteiger partial charge on any atom is -0.367 e. The lowest BCUT2D eigenvalue weighted by molar-refractivity contribution is 0.130. The van der Waals surface area contributed by atoms with E-state index in [0.29, 0.717) is 5.56 Å². The number of piperidine rings is 1. The van der Waals surface area contributed by atoms with Gasteiger partial charge in [0.1, 0.15) is 5.82 Å². The summed E-state index contributed by atoms with van der Waals surface area (Å²) in [5.41, 5.74) is 3.02. The molecule has 4 rings (SSSR count). The van der Waals surface area contributed by atoms with E-state index >= 15 is 0 Å². The number of anilines is 1. The fourth-order valence-corrected chi connectivity index (χ4v) is 5.09. The van der Waals surface area contributed by atoms with Crippen LogP contribution in [-0.2, 0) is 6.54 Å². The number of carbonyl (C=O) groups excluding carboxylic acids is 1. The molecule has 2 aromatic carbocycles. The minimum atomic E-state index is -0.178. The van der Waals surface area contributed by atoms with Crippen LogP contribution in [0.3, 0.4) is 0 Å². The van der Waals surface area contributed by atoms with Gasteiger partial charge >= 0.3 is 6.03 Å². The van der Waals surface area contributed by atoms with Gasteiger partial charge in [0.25, 0.3) is 0 Å². The van der Waals surface area contributed by atoms with Crippen molar-refractivity contribution < 1.29 is 9.18 Å². The SMILES string of the molecule is Cc1cc(N2C[C@@H](C)N(C(=O)NC3CCN(Cc4ccccc4)CC3)[C@@H](C)C2)ccc1F. The molecule has 0 saturated carbocycles. The Morgan fingerprint density at radius 1 is 1.03 bits per heavy atom. The number of amides is 2. The van der Waals surface area contributed by atoms with E-state index < -0.39 is 0 Å². The summed E-state index contributed by atoms with van der Waals surface area (Å²) in [7, 11) is 0. The molecule has 0 unspecified atom stereocenters. The highest BCUT2D eigenvalue weighted by atomic mass is 19.1. The summed E-state index contributed by atoms with van der Waals surface area (Å²) >= 11 is 0. The second kappa shape index (κ2) is 9.90. The molecule has 172 valence electrons. The molecule has 5 nitrogen and oxygen atoms in total. The van der Waals surface area contributed by atoms with Crippen LogP contribution in [-0.4, -0.2) is 60.1 Å². The molecule has 2 fully saturated rings. The fraction of sp³-hybridized carbons (Fsp3) is 0.500. The summed E-state index contributed by atoms with van der Waals surface area (Å²) in [4.78, 5) is 19.8. The summed E-state index contributed by atoms with van der Waals surface area (Å²) in [5.74, 6) is -0.178. The van der Waals surface area contributed by atoms with Crippen molar-refractivity contribution in [1.82, 2.24) is 15.1 Å². The van der Waals surface area contributed by atoms with Crippen molar-refractivity contribution in [3.05, 3.63) is 65.5 Å². The van der Waals surface area contributed by atoms with Crippen LogP contribution in [0.4, 0.5) is 14.9 Å². The van der Waals surface area contributed by atoms with Gasteiger partial charge in [0, 0.05) is 56.5 Å². The third-order valence-electron chi connectivity index (χ3n) is 6.82. The van der Waals surface area contributed by atoms with E-state index in [9.17, 15) is 9.18 Å². The Morgan fingerprint density at radius 2 is 1.69 bits per heavy atom. The zero-order valence-electron chi connectivity index (χ0n) is 19.4. The molecule has 0 spiro atoms. The van der Waals surface area contributed by atoms with Gasteiger partial charge in [0.05, 0.1) is 0 Å². The topological polar surface area (TPSA) is 38.8 Å². The van der Waals surface area contributed by atoms with Gasteiger partial charge in [-0.1, -0.05) is 30.3 Å². The normalized spacial score (nSPS) is 22.8. The summed E-state index contributed by atoms with van der Waals surface area (Å²) in [5, 5.41) is 3.30. The molecular weight excluding hydrogens is 403 g/mol. The molecule has 0 bridgehead atoms. The number of likely N-dealkylation sites (tertiary alicyclic amines) is 1. The number of hydrogen-bond donors (Lipinski definition) is 1. The lowest BCUT2D eigenvalue weighted by atomic mass is 10.0. The smallest absolute Gasteiger partial charge is 0.318 e. The maximum atomic E-state index is 13.7. The number of nitrogens with one attached hydrogen (secondary N) is 1. The van der Waals surface area contributed by atoms with Crippen LogP contribution in [0.5, 0.6) is 0 Å². The third kappa shape index (κ3) is 5.23. The van der Waals surface area contributed by atoms with Crippen molar-refractivity contribution in [1.29, 1.82) is 0 Å². The third-order valence-corrected chi connectivity index (χ3v) is 6.82. The van der Waals surface area contributed by atoms with E-state index in [1.54, 1.807) is 6.92 Å². The van der Waals surface area contributed by atoms with Crippen LogP contribution >= 0.6 is 0 Å². The lowest BCUT2D eigenvalue weighted by Gasteiger charge is -2.46. The molecule has 0 aromatic heterocycles. The van der Waals surface area contributed by atoms with Crippen LogP contribution in [0.25, 0.3) is 0 Å². The molecule has 6 heteroatoms. The maximum Gasteiger partial charge on any atom is 0.318 e. The number of urea groups is 1. The quantitative estimate of drug-likeness (QED) is 0.769. The fourth-order valence-electron chi connectivity index (χ4n) is 5.09. The number of carbonyl (C=O) groups is 1. The van der Waals surface area contributed by atoms with Gasteiger partial charge in [0.15, 0.2) is 0 Å². The number of nitrogens with zero attached hydrogens (tertiary/aromatic N) is 3. The van der Waals surface area contributed by atoms with Gasteiger partial charge < -0.3 is 15.1 Å². The predicted octanol–water partition coefficient (Wildman–Crippen LogP) is 4.41. The van der Waals surface area contributed by atoms with Gasteiger partial charge in [-0.3, -0.25) is 4.90 Å². The standard InChI is InChI=1S/C26H35FN4O/c1-19-15-24(9-10-25(19)27)30-16-20(2)31(21(3)17-30)26(32)28-23-11-13-29(14-12-23)18-22-7-5-4-6-8-22/h4-10,15,20-21,23H,11-14,16-18H2,1-3H3,(H,28,32)/t20-,21+. The van der Waals surface area contributed by atoms with E-state index in [1.165, 1.54) is 11.6 Å². The lowest BCUT2D eigenvalue weighted by Crippen LogP contribution is -2.62. The predicted molar refractivity (Wildman–Crippen MR) is 127 cm³/mol. The molecule has 2 aliphatic heterocycles. The van der Waals surface area contributed by atoms with Gasteiger partial charge in [-0.2, -0.15) is 0 Å². The van der Waals surface area contributed by atoms with Crippen LogP contribution in [0.15, 0.2) is 48.5 Å². The Morgan fingerprint density at radius 3 is 2.31 bits per heavy atom. The number of hydrogen-bond acceptors (Lipinski definition) is 3. The van der Waals surface area contributed by atoms with Crippen LogP contribution in [0.2, 0.25) is 0 Å². The number of piperazine rings is 1. The molecule has 2 aliphatic rings. The molecule has 2 atom stereocenters. The summed E-state index contributed by atoms with van der Waals surface area (Å²) in [6.07, 6.45) is 1.96. The Kier molecular flexibility index (Phi) is 6.99. The average Bonchev–Trinajstić information content (AvgIpc) is 2.77. The Bertz CT molecular complexity index is 901. The van der Waals surface area contributed by atoms with Gasteiger partial charge in [-0.05, 0) is 62.9 Å². The summed E-state index contributed by atoms with van der Waals surface area (Å²) in [6.45, 7) is 10.5. The largest absolute Gasteiger partial charge is 0.367 e. The van der Waals surface area contributed by atoms with Gasteiger partial charge in [0.2, 0.25) is 0 Å². The first-order valence-corrected chi connectivity index (χ1v) is 11.8. The molecule has 2 aromatic rings. The highest BCUT2D eigenvalue weighted by molar-refractivity contribution is 5.76. The van der Waals surface area contributed by atoms with Crippen LogP contribution in [0.1, 0.15) is 37.8 Å². The molecule has 2 heterocycles. The van der Waals surface area contributed by atoms with Crippen molar-refractivity contribution in [3.8, 4) is 0 Å². The monoisotopic (exact) mass is 438 g/mol. The number of halogens is 1. The second-order valence-electron chi connectivity index (χ2n) is 9.43. The zero-order chi connectivity index (χ0) is 22.7. The van der Waals surface area contributed by atoms with Crippen molar-refractivity contribution >= 4 is 11.7 Å². The van der Waals surface area contributed by atoms with Gasteiger partial charge in [-0.25, -0.2) is 9.18 Å². The van der Waals surface area contributed by atoms with Crippen molar-refractivity contribution in [2.45, 2.75) is 58.3 Å². The first-order chi connectivity index (χ1) is 15.4. The van der Waals surface area contributed by atoms with Crippen LogP contribution < -0.4 is 10.2 Å². The highest BCUT2D eigenvalue weighted by Crippen LogP contribution is 2.25. The average molecular weight is 439 g/mol. The molecule has 2 saturated heterocycles. The highest BCUT2D eigenvalue weighted by Gasteiger charge is 2.34. The number of aryl methyl sites for hydroxylation is 1. The first kappa shape index (κ1) is 22.6. The number of benzene rings is 2. The molecule has 1 N–H and O–H groups in total. The Labute approximate surface area is 191 Å². The van der Waals surface area contributed by atoms with Crippen molar-refractivity contribution in [2.24, 2.45) is 0 Å². The Balaban J connectivity index is 1.29. The van der Waals surface area contributed by atoms with E-state index in [1.807, 2.05) is 23.1 Å². The van der Waals surface area contributed by atoms with Crippen LogP contribution in [0, 0.1) is 12.7 Å². The van der Waals surface area contributed by atoms with E-state index in [2.05, 4.69) is 53.2 Å². The van der Waals surface area contributed by atoms with E-state index in [0.717, 1.165) is 51.3 Å². The maximum absolute atomic E-state index is 13.7. The molecule has 2 amide bonds. The first-order valence-electron chi connectivity index (χ1n) is 11.8. The van der Waals surface area contributed by atoms with E-state index in [-0.39, 0.29) is 30.0 Å². The minimum absolute atomic E-state index is 0.0430. The molecule has 0 aliphatic carbocycles. The van der Waals surface area contributed by atoms with Crippen molar-refractivity contribution in [3.63, 3.8) is 0 Å². The second-order valence-corrected chi connectivity index (χ2v) is 9.43. The molecular formula is C26H35FN4O. The molecule has 32 heavy (non-hydrogen) atoms. The number of rotatable bonds is 4.